The zero-order valence-electron chi connectivity index (χ0n) is 9.27. The van der Waals surface area contributed by atoms with Gasteiger partial charge in [0, 0.05) is 17.3 Å². The Labute approximate surface area is 102 Å². The van der Waals surface area contributed by atoms with E-state index in [1.54, 1.807) is 30.1 Å². The van der Waals surface area contributed by atoms with Crippen molar-refractivity contribution in [3.63, 3.8) is 0 Å². The number of rotatable bonds is 3. The smallest absolute Gasteiger partial charge is 0.138 e. The summed E-state index contributed by atoms with van der Waals surface area (Å²) in [6.07, 6.45) is 5.13. The van der Waals surface area contributed by atoms with Crippen LogP contribution in [0.5, 0.6) is 0 Å². The summed E-state index contributed by atoms with van der Waals surface area (Å²) in [5, 5.41) is 4.34. The minimum absolute atomic E-state index is 0.633. The maximum Gasteiger partial charge on any atom is 0.138 e. The van der Waals surface area contributed by atoms with Crippen molar-refractivity contribution in [3.8, 4) is 0 Å². The van der Waals surface area contributed by atoms with Crippen molar-refractivity contribution in [2.45, 2.75) is 13.5 Å². The molecule has 0 bridgehead atoms. The summed E-state index contributed by atoms with van der Waals surface area (Å²) >= 11 is 1.68. The first-order valence-corrected chi connectivity index (χ1v) is 6.08. The molecular weight excluding hydrogens is 234 g/mol. The molecule has 0 aliphatic rings. The van der Waals surface area contributed by atoms with E-state index in [4.69, 9.17) is 0 Å². The van der Waals surface area contributed by atoms with E-state index in [9.17, 15) is 0 Å². The van der Waals surface area contributed by atoms with Gasteiger partial charge >= 0.3 is 0 Å². The fourth-order valence-corrected chi connectivity index (χ4v) is 2.53. The van der Waals surface area contributed by atoms with Crippen LogP contribution in [0, 0.1) is 6.92 Å². The van der Waals surface area contributed by atoms with Crippen LogP contribution in [0.3, 0.4) is 0 Å². The second-order valence-electron chi connectivity index (χ2n) is 3.69. The number of anilines is 1. The van der Waals surface area contributed by atoms with Crippen molar-refractivity contribution >= 4 is 27.4 Å². The van der Waals surface area contributed by atoms with Crippen molar-refractivity contribution in [2.24, 2.45) is 0 Å². The molecule has 6 heteroatoms. The third kappa shape index (κ3) is 1.99. The van der Waals surface area contributed by atoms with Crippen LogP contribution in [0.2, 0.25) is 0 Å². The number of hydrogen-bond acceptors (Lipinski definition) is 5. The van der Waals surface area contributed by atoms with Gasteiger partial charge in [0.15, 0.2) is 0 Å². The lowest BCUT2D eigenvalue weighted by molar-refractivity contribution is 0.989. The van der Waals surface area contributed by atoms with Gasteiger partial charge in [0.25, 0.3) is 0 Å². The molecule has 0 aliphatic heterocycles. The van der Waals surface area contributed by atoms with Gasteiger partial charge in [-0.2, -0.15) is 0 Å². The second kappa shape index (κ2) is 4.14. The molecule has 3 aromatic rings. The van der Waals surface area contributed by atoms with Crippen LogP contribution in [0.25, 0.3) is 10.2 Å². The molecule has 3 rings (SSSR count). The number of aromatic amines is 1. The van der Waals surface area contributed by atoms with Crippen LogP contribution >= 0.6 is 11.3 Å². The molecule has 0 aliphatic carbocycles. The van der Waals surface area contributed by atoms with Crippen molar-refractivity contribution < 1.29 is 0 Å². The molecule has 0 radical (unpaired) electrons. The highest BCUT2D eigenvalue weighted by molar-refractivity contribution is 7.18. The van der Waals surface area contributed by atoms with Gasteiger partial charge in [-0.3, -0.25) is 0 Å². The Morgan fingerprint density at radius 2 is 2.29 bits per heavy atom. The summed E-state index contributed by atoms with van der Waals surface area (Å²) in [7, 11) is 0. The predicted molar refractivity (Wildman–Crippen MR) is 68.1 cm³/mol. The zero-order chi connectivity index (χ0) is 11.7. The first-order valence-electron chi connectivity index (χ1n) is 5.26. The van der Waals surface area contributed by atoms with E-state index in [0.29, 0.717) is 6.54 Å². The lowest BCUT2D eigenvalue weighted by atomic mass is 10.3. The molecule has 0 unspecified atom stereocenters. The molecule has 0 atom stereocenters. The Morgan fingerprint density at radius 1 is 1.35 bits per heavy atom. The minimum atomic E-state index is 0.633. The van der Waals surface area contributed by atoms with E-state index in [-0.39, 0.29) is 0 Å². The molecule has 5 nitrogen and oxygen atoms in total. The van der Waals surface area contributed by atoms with Gasteiger partial charge in [-0.05, 0) is 13.0 Å². The molecule has 3 heterocycles. The number of imidazole rings is 1. The summed E-state index contributed by atoms with van der Waals surface area (Å²) in [5.74, 6) is 1.75. The minimum Gasteiger partial charge on any atom is -0.362 e. The van der Waals surface area contributed by atoms with E-state index in [2.05, 4.69) is 38.2 Å². The van der Waals surface area contributed by atoms with Crippen molar-refractivity contribution in [2.75, 3.05) is 5.32 Å². The zero-order valence-corrected chi connectivity index (χ0v) is 10.1. The maximum absolute atomic E-state index is 4.26. The molecule has 0 amide bonds. The largest absolute Gasteiger partial charge is 0.362 e. The van der Waals surface area contributed by atoms with Crippen molar-refractivity contribution in [1.82, 2.24) is 19.9 Å². The summed E-state index contributed by atoms with van der Waals surface area (Å²) in [6.45, 7) is 2.71. The van der Waals surface area contributed by atoms with Crippen LogP contribution < -0.4 is 5.32 Å². The van der Waals surface area contributed by atoms with Crippen molar-refractivity contribution in [1.29, 1.82) is 0 Å². The number of nitrogens with one attached hydrogen (secondary N) is 2. The SMILES string of the molecule is Cc1cc2c(NCc3ncc[nH]3)ncnc2s1. The third-order valence-electron chi connectivity index (χ3n) is 2.43. The quantitative estimate of drug-likeness (QED) is 0.743. The molecule has 0 saturated heterocycles. The maximum atomic E-state index is 4.26. The van der Waals surface area contributed by atoms with E-state index in [1.165, 1.54) is 4.88 Å². The molecule has 2 N–H and O–H groups in total. The number of H-pyrrole nitrogens is 1. The van der Waals surface area contributed by atoms with Gasteiger partial charge in [-0.15, -0.1) is 11.3 Å². The van der Waals surface area contributed by atoms with Gasteiger partial charge in [0.2, 0.25) is 0 Å². The number of fused-ring (bicyclic) bond motifs is 1. The van der Waals surface area contributed by atoms with E-state index >= 15 is 0 Å². The van der Waals surface area contributed by atoms with Gasteiger partial charge in [0.1, 0.15) is 22.8 Å². The number of nitrogens with zero attached hydrogens (tertiary/aromatic N) is 3. The average molecular weight is 245 g/mol. The lowest BCUT2D eigenvalue weighted by Crippen LogP contribution is -2.03. The highest BCUT2D eigenvalue weighted by atomic mass is 32.1. The first-order chi connectivity index (χ1) is 8.33. The van der Waals surface area contributed by atoms with Crippen LogP contribution in [0.1, 0.15) is 10.7 Å². The Morgan fingerprint density at radius 3 is 3.12 bits per heavy atom. The second-order valence-corrected chi connectivity index (χ2v) is 4.92. The van der Waals surface area contributed by atoms with Crippen LogP contribution in [-0.2, 0) is 6.54 Å². The van der Waals surface area contributed by atoms with Gasteiger partial charge < -0.3 is 10.3 Å². The Kier molecular flexibility index (Phi) is 2.49. The standard InChI is InChI=1S/C11H11N5S/c1-7-4-8-10(15-6-16-11(8)17-7)14-5-9-12-2-3-13-9/h2-4,6H,5H2,1H3,(H,12,13)(H,14,15,16). The summed E-state index contributed by atoms with van der Waals surface area (Å²) in [4.78, 5) is 18.0. The van der Waals surface area contributed by atoms with E-state index < -0.39 is 0 Å². The number of thiophene rings is 1. The molecule has 0 aromatic carbocycles. The highest BCUT2D eigenvalue weighted by Crippen LogP contribution is 2.27. The lowest BCUT2D eigenvalue weighted by Gasteiger charge is -2.03. The van der Waals surface area contributed by atoms with Gasteiger partial charge in [-0.25, -0.2) is 15.0 Å². The van der Waals surface area contributed by atoms with E-state index in [1.807, 2.05) is 0 Å². The van der Waals surface area contributed by atoms with Crippen LogP contribution in [0.15, 0.2) is 24.8 Å². The van der Waals surface area contributed by atoms with Gasteiger partial charge in [-0.1, -0.05) is 0 Å². The first kappa shape index (κ1) is 10.2. The topological polar surface area (TPSA) is 66.5 Å². The molecular formula is C11H11N5S. The monoisotopic (exact) mass is 245 g/mol. The normalized spacial score (nSPS) is 10.9. The fourth-order valence-electron chi connectivity index (χ4n) is 1.68. The number of aryl methyl sites for hydroxylation is 1. The van der Waals surface area contributed by atoms with Gasteiger partial charge in [0.05, 0.1) is 11.9 Å². The van der Waals surface area contributed by atoms with E-state index in [0.717, 1.165) is 21.9 Å². The summed E-state index contributed by atoms with van der Waals surface area (Å²) in [5.41, 5.74) is 0. The molecule has 17 heavy (non-hydrogen) atoms. The molecule has 86 valence electrons. The van der Waals surface area contributed by atoms with Crippen LogP contribution in [0.4, 0.5) is 5.82 Å². The Balaban J connectivity index is 1.89. The predicted octanol–water partition coefficient (Wildman–Crippen LogP) is 2.33. The van der Waals surface area contributed by atoms with Crippen molar-refractivity contribution in [3.05, 3.63) is 35.5 Å². The molecule has 0 spiro atoms. The summed E-state index contributed by atoms with van der Waals surface area (Å²) in [6, 6.07) is 2.10. The number of aromatic nitrogens is 4. The Bertz CT molecular complexity index is 628. The average Bonchev–Trinajstić information content (AvgIpc) is 2.93. The fraction of sp³-hybridized carbons (Fsp3) is 0.182. The number of hydrogen-bond donors (Lipinski definition) is 2. The van der Waals surface area contributed by atoms with Crippen LogP contribution in [-0.4, -0.2) is 19.9 Å². The molecule has 0 saturated carbocycles. The molecule has 3 aromatic heterocycles. The molecule has 0 fully saturated rings. The third-order valence-corrected chi connectivity index (χ3v) is 3.39. The highest BCUT2D eigenvalue weighted by Gasteiger charge is 2.06. The Hall–Kier alpha value is -1.95. The summed E-state index contributed by atoms with van der Waals surface area (Å²) < 4.78 is 0.